The van der Waals surface area contributed by atoms with Crippen molar-refractivity contribution in [2.75, 3.05) is 0 Å². The van der Waals surface area contributed by atoms with E-state index < -0.39 is 0 Å². The Morgan fingerprint density at radius 2 is 1.94 bits per heavy atom. The zero-order valence-corrected chi connectivity index (χ0v) is 10.6. The highest BCUT2D eigenvalue weighted by atomic mass is 35.5. The van der Waals surface area contributed by atoms with Gasteiger partial charge in [0, 0.05) is 5.56 Å². The predicted molar refractivity (Wildman–Crippen MR) is 67.6 cm³/mol. The van der Waals surface area contributed by atoms with E-state index in [1.165, 1.54) is 16.1 Å². The summed E-state index contributed by atoms with van der Waals surface area (Å²) in [5, 5.41) is 21.3. The van der Waals surface area contributed by atoms with Crippen LogP contribution in [-0.2, 0) is 5.88 Å². The van der Waals surface area contributed by atoms with Gasteiger partial charge in [0.1, 0.15) is 5.01 Å². The average Bonchev–Trinajstić information content (AvgIpc) is 3.08. The zero-order chi connectivity index (χ0) is 12.4. The molecule has 90 valence electrons. The molecule has 2 heterocycles. The summed E-state index contributed by atoms with van der Waals surface area (Å²) in [6.45, 7) is 0. The second-order valence-corrected chi connectivity index (χ2v) is 4.69. The molecule has 6 nitrogen and oxygen atoms in total. The lowest BCUT2D eigenvalue weighted by Crippen LogP contribution is -1.98. The molecule has 0 spiro atoms. The van der Waals surface area contributed by atoms with Gasteiger partial charge in [0.15, 0.2) is 0 Å². The number of alkyl halides is 1. The molecule has 18 heavy (non-hydrogen) atoms. The van der Waals surface area contributed by atoms with Gasteiger partial charge in [-0.2, -0.15) is 0 Å². The van der Waals surface area contributed by atoms with Crippen LogP contribution in [-0.4, -0.2) is 30.4 Å². The van der Waals surface area contributed by atoms with E-state index in [-0.39, 0.29) is 0 Å². The Balaban J connectivity index is 1.94. The van der Waals surface area contributed by atoms with Crippen LogP contribution in [0.5, 0.6) is 0 Å². The van der Waals surface area contributed by atoms with Crippen molar-refractivity contribution in [2.24, 2.45) is 0 Å². The van der Waals surface area contributed by atoms with Crippen molar-refractivity contribution in [1.29, 1.82) is 0 Å². The molecular weight excluding hydrogens is 272 g/mol. The highest BCUT2D eigenvalue weighted by Crippen LogP contribution is 2.17. The summed E-state index contributed by atoms with van der Waals surface area (Å²) in [4.78, 5) is 1.36. The molecule has 0 saturated heterocycles. The molecule has 2 aromatic heterocycles. The first-order chi connectivity index (χ1) is 8.86. The zero-order valence-electron chi connectivity index (χ0n) is 9.06. The van der Waals surface area contributed by atoms with Gasteiger partial charge in [-0.1, -0.05) is 46.5 Å². The van der Waals surface area contributed by atoms with Crippen molar-refractivity contribution in [1.82, 2.24) is 30.4 Å². The van der Waals surface area contributed by atoms with Crippen LogP contribution in [0.15, 0.2) is 30.3 Å². The van der Waals surface area contributed by atoms with E-state index >= 15 is 0 Å². The Hall–Kier alpha value is -1.86. The number of aromatic nitrogens is 6. The molecule has 0 unspecified atom stereocenters. The van der Waals surface area contributed by atoms with Crippen molar-refractivity contribution in [3.8, 4) is 16.5 Å². The van der Waals surface area contributed by atoms with Crippen LogP contribution in [0.2, 0.25) is 0 Å². The Morgan fingerprint density at radius 3 is 2.67 bits per heavy atom. The molecule has 0 saturated carbocycles. The minimum absolute atomic E-state index is 0.331. The minimum Gasteiger partial charge on any atom is -0.140 e. The fraction of sp³-hybridized carbons (Fsp3) is 0.100. The van der Waals surface area contributed by atoms with Crippen LogP contribution in [0.25, 0.3) is 16.5 Å². The Morgan fingerprint density at radius 1 is 1.11 bits per heavy atom. The van der Waals surface area contributed by atoms with Crippen molar-refractivity contribution < 1.29 is 0 Å². The number of benzene rings is 1. The summed E-state index contributed by atoms with van der Waals surface area (Å²) in [5.74, 6) is 0.885. The molecule has 0 bridgehead atoms. The van der Waals surface area contributed by atoms with Gasteiger partial charge in [-0.3, -0.25) is 0 Å². The second kappa shape index (κ2) is 4.79. The lowest BCUT2D eigenvalue weighted by molar-refractivity contribution is 0.705. The Bertz CT molecular complexity index is 649. The molecule has 0 radical (unpaired) electrons. The molecular formula is C10H7ClN6S. The maximum Gasteiger partial charge on any atom is 0.253 e. The molecule has 0 N–H and O–H groups in total. The summed E-state index contributed by atoms with van der Waals surface area (Å²) >= 11 is 7.01. The monoisotopic (exact) mass is 278 g/mol. The van der Waals surface area contributed by atoms with Crippen LogP contribution in [0, 0.1) is 0 Å². The van der Waals surface area contributed by atoms with Crippen LogP contribution in [0.3, 0.4) is 0 Å². The van der Waals surface area contributed by atoms with Crippen molar-refractivity contribution in [2.45, 2.75) is 5.88 Å². The van der Waals surface area contributed by atoms with E-state index in [2.05, 4.69) is 25.6 Å². The molecule has 0 fully saturated rings. The topological polar surface area (TPSA) is 69.4 Å². The predicted octanol–water partition coefficient (Wildman–Crippen LogP) is 1.92. The van der Waals surface area contributed by atoms with Gasteiger partial charge in [-0.05, 0) is 5.21 Å². The molecule has 1 aromatic carbocycles. The normalized spacial score (nSPS) is 10.7. The summed E-state index contributed by atoms with van der Waals surface area (Å²) in [7, 11) is 0. The molecule has 3 aromatic rings. The molecule has 0 atom stereocenters. The summed E-state index contributed by atoms with van der Waals surface area (Å²) in [6.07, 6.45) is 0. The standard InChI is InChI=1S/C10H7ClN6S/c11-6-8-12-14-10(18-8)17-15-9(13-16-17)7-4-2-1-3-5-7/h1-5H,6H2. The van der Waals surface area contributed by atoms with Crippen molar-refractivity contribution >= 4 is 22.9 Å². The van der Waals surface area contributed by atoms with E-state index in [1.807, 2.05) is 30.3 Å². The molecule has 0 aliphatic rings. The number of halogens is 1. The van der Waals surface area contributed by atoms with Crippen molar-refractivity contribution in [3.63, 3.8) is 0 Å². The number of hydrogen-bond donors (Lipinski definition) is 0. The number of hydrogen-bond acceptors (Lipinski definition) is 6. The Kier molecular flexibility index (Phi) is 2.99. The van der Waals surface area contributed by atoms with Gasteiger partial charge in [0.2, 0.25) is 5.82 Å². The maximum absolute atomic E-state index is 5.67. The third kappa shape index (κ3) is 2.09. The van der Waals surface area contributed by atoms with Gasteiger partial charge in [0.25, 0.3) is 5.13 Å². The van der Waals surface area contributed by atoms with Gasteiger partial charge >= 0.3 is 0 Å². The number of nitrogens with zero attached hydrogens (tertiary/aromatic N) is 6. The number of tetrazole rings is 1. The maximum atomic E-state index is 5.67. The van der Waals surface area contributed by atoms with Gasteiger partial charge in [-0.15, -0.1) is 32.0 Å². The first kappa shape index (κ1) is 11.2. The van der Waals surface area contributed by atoms with E-state index in [9.17, 15) is 0 Å². The Labute approximate surface area is 111 Å². The van der Waals surface area contributed by atoms with Gasteiger partial charge in [-0.25, -0.2) is 0 Å². The highest BCUT2D eigenvalue weighted by Gasteiger charge is 2.10. The third-order valence-corrected chi connectivity index (χ3v) is 3.49. The SMILES string of the molecule is ClCc1nnc(-n2nnc(-c3ccccc3)n2)s1. The first-order valence-electron chi connectivity index (χ1n) is 5.11. The lowest BCUT2D eigenvalue weighted by Gasteiger charge is -1.91. The fourth-order valence-corrected chi connectivity index (χ4v) is 2.18. The van der Waals surface area contributed by atoms with Crippen molar-refractivity contribution in [3.05, 3.63) is 35.3 Å². The number of rotatable bonds is 3. The summed E-state index contributed by atoms with van der Waals surface area (Å²) < 4.78 is 0. The van der Waals surface area contributed by atoms with E-state index in [0.717, 1.165) is 10.6 Å². The molecule has 8 heteroatoms. The minimum atomic E-state index is 0.331. The van der Waals surface area contributed by atoms with Gasteiger partial charge < -0.3 is 0 Å². The first-order valence-corrected chi connectivity index (χ1v) is 6.46. The van der Waals surface area contributed by atoms with E-state index in [0.29, 0.717) is 16.8 Å². The van der Waals surface area contributed by atoms with E-state index in [4.69, 9.17) is 11.6 Å². The third-order valence-electron chi connectivity index (χ3n) is 2.19. The van der Waals surface area contributed by atoms with Crippen LogP contribution < -0.4 is 0 Å². The van der Waals surface area contributed by atoms with Gasteiger partial charge in [0.05, 0.1) is 5.88 Å². The quantitative estimate of drug-likeness (QED) is 0.685. The average molecular weight is 279 g/mol. The largest absolute Gasteiger partial charge is 0.253 e. The smallest absolute Gasteiger partial charge is 0.140 e. The summed E-state index contributed by atoms with van der Waals surface area (Å²) in [5.41, 5.74) is 0.908. The van der Waals surface area contributed by atoms with Crippen LogP contribution in [0.1, 0.15) is 5.01 Å². The molecule has 0 aliphatic heterocycles. The molecule has 0 amide bonds. The van der Waals surface area contributed by atoms with Crippen LogP contribution in [0.4, 0.5) is 0 Å². The second-order valence-electron chi connectivity index (χ2n) is 3.38. The highest BCUT2D eigenvalue weighted by molar-refractivity contribution is 7.13. The molecule has 3 rings (SSSR count). The summed E-state index contributed by atoms with van der Waals surface area (Å²) in [6, 6.07) is 9.63. The van der Waals surface area contributed by atoms with Crippen LogP contribution >= 0.6 is 22.9 Å². The fourth-order valence-electron chi connectivity index (χ4n) is 1.38. The molecule has 0 aliphatic carbocycles. The van der Waals surface area contributed by atoms with E-state index in [1.54, 1.807) is 0 Å². The lowest BCUT2D eigenvalue weighted by atomic mass is 10.2.